The number of amides is 1. The molecule has 19 heavy (non-hydrogen) atoms. The highest BCUT2D eigenvalue weighted by Gasteiger charge is 2.27. The van der Waals surface area contributed by atoms with Crippen molar-refractivity contribution < 1.29 is 14.3 Å². The van der Waals surface area contributed by atoms with Gasteiger partial charge >= 0.3 is 0 Å². The van der Waals surface area contributed by atoms with E-state index in [1.54, 1.807) is 37.4 Å². The number of halogens is 1. The van der Waals surface area contributed by atoms with Crippen LogP contribution in [0.1, 0.15) is 23.2 Å². The van der Waals surface area contributed by atoms with Crippen molar-refractivity contribution in [3.63, 3.8) is 0 Å². The Morgan fingerprint density at radius 1 is 1.53 bits per heavy atom. The highest BCUT2D eigenvalue weighted by molar-refractivity contribution is 9.10. The lowest BCUT2D eigenvalue weighted by atomic mass is 10.0. The summed E-state index contributed by atoms with van der Waals surface area (Å²) < 4.78 is 5.93. The molecule has 1 amide bonds. The van der Waals surface area contributed by atoms with Crippen LogP contribution in [0.25, 0.3) is 0 Å². The Hall–Kier alpha value is -1.66. The van der Waals surface area contributed by atoms with E-state index in [1.807, 2.05) is 0 Å². The van der Waals surface area contributed by atoms with Gasteiger partial charge in [0, 0.05) is 10.7 Å². The second-order valence-corrected chi connectivity index (χ2v) is 5.21. The normalized spacial score (nSPS) is 13.8. The first-order valence-electron chi connectivity index (χ1n) is 5.65. The number of nitrogens with zero attached hydrogens (tertiary/aromatic N) is 1. The SMILES string of the molecule is CC(O)(CNC(=O)c1ccc(Br)cn1)c1ccco1. The predicted octanol–water partition coefficient (Wildman–Crippen LogP) is 2.07. The lowest BCUT2D eigenvalue weighted by Gasteiger charge is -2.20. The maximum Gasteiger partial charge on any atom is 0.269 e. The third-order valence-electron chi connectivity index (χ3n) is 2.61. The zero-order chi connectivity index (χ0) is 13.9. The molecule has 0 spiro atoms. The van der Waals surface area contributed by atoms with Gasteiger partial charge in [-0.15, -0.1) is 0 Å². The summed E-state index contributed by atoms with van der Waals surface area (Å²) in [5.41, 5.74) is -0.965. The molecule has 6 heteroatoms. The van der Waals surface area contributed by atoms with E-state index in [1.165, 1.54) is 6.26 Å². The Morgan fingerprint density at radius 3 is 2.89 bits per heavy atom. The molecule has 0 aliphatic rings. The van der Waals surface area contributed by atoms with Crippen molar-refractivity contribution in [3.05, 3.63) is 52.7 Å². The van der Waals surface area contributed by atoms with Gasteiger partial charge in [0.05, 0.1) is 12.8 Å². The third kappa shape index (κ3) is 3.42. The van der Waals surface area contributed by atoms with Crippen molar-refractivity contribution in [1.29, 1.82) is 0 Å². The van der Waals surface area contributed by atoms with Gasteiger partial charge in [-0.2, -0.15) is 0 Å². The number of furan rings is 1. The number of carbonyl (C=O) groups excluding carboxylic acids is 1. The molecule has 0 radical (unpaired) electrons. The smallest absolute Gasteiger partial charge is 0.269 e. The predicted molar refractivity (Wildman–Crippen MR) is 72.5 cm³/mol. The fourth-order valence-corrected chi connectivity index (χ4v) is 1.76. The fraction of sp³-hybridized carbons (Fsp3) is 0.231. The number of hydrogen-bond donors (Lipinski definition) is 2. The molecule has 0 saturated heterocycles. The van der Waals surface area contributed by atoms with Crippen LogP contribution in [0.2, 0.25) is 0 Å². The first-order chi connectivity index (χ1) is 8.99. The minimum atomic E-state index is -1.26. The third-order valence-corrected chi connectivity index (χ3v) is 3.07. The van der Waals surface area contributed by atoms with Crippen LogP contribution >= 0.6 is 15.9 Å². The number of aromatic nitrogens is 1. The zero-order valence-corrected chi connectivity index (χ0v) is 11.8. The van der Waals surface area contributed by atoms with E-state index >= 15 is 0 Å². The summed E-state index contributed by atoms with van der Waals surface area (Å²) >= 11 is 3.24. The molecule has 0 aromatic carbocycles. The van der Waals surface area contributed by atoms with Gasteiger partial charge in [0.15, 0.2) is 0 Å². The van der Waals surface area contributed by atoms with Crippen LogP contribution in [0.5, 0.6) is 0 Å². The van der Waals surface area contributed by atoms with Crippen molar-refractivity contribution in [2.24, 2.45) is 0 Å². The average Bonchev–Trinajstić information content (AvgIpc) is 2.91. The van der Waals surface area contributed by atoms with Crippen LogP contribution in [0, 0.1) is 0 Å². The molecule has 0 aliphatic heterocycles. The molecule has 0 fully saturated rings. The molecule has 5 nitrogen and oxygen atoms in total. The molecular weight excluding hydrogens is 312 g/mol. The summed E-state index contributed by atoms with van der Waals surface area (Å²) in [4.78, 5) is 15.8. The molecule has 1 unspecified atom stereocenters. The van der Waals surface area contributed by atoms with Crippen LogP contribution in [-0.4, -0.2) is 22.5 Å². The highest BCUT2D eigenvalue weighted by Crippen LogP contribution is 2.19. The van der Waals surface area contributed by atoms with Crippen molar-refractivity contribution in [1.82, 2.24) is 10.3 Å². The summed E-state index contributed by atoms with van der Waals surface area (Å²) in [5, 5.41) is 12.8. The minimum absolute atomic E-state index is 0.0388. The minimum Gasteiger partial charge on any atom is -0.466 e. The highest BCUT2D eigenvalue weighted by atomic mass is 79.9. The van der Waals surface area contributed by atoms with E-state index in [9.17, 15) is 9.90 Å². The number of hydrogen-bond acceptors (Lipinski definition) is 4. The van der Waals surface area contributed by atoms with Gasteiger partial charge in [-0.25, -0.2) is 4.98 Å². The van der Waals surface area contributed by atoms with Crippen LogP contribution in [-0.2, 0) is 5.60 Å². The molecule has 0 saturated carbocycles. The molecule has 2 aromatic heterocycles. The second-order valence-electron chi connectivity index (χ2n) is 4.30. The van der Waals surface area contributed by atoms with Crippen molar-refractivity contribution in [3.8, 4) is 0 Å². The zero-order valence-electron chi connectivity index (χ0n) is 10.3. The molecule has 2 N–H and O–H groups in total. The number of nitrogens with one attached hydrogen (secondary N) is 1. The Balaban J connectivity index is 1.99. The van der Waals surface area contributed by atoms with Gasteiger partial charge in [0.25, 0.3) is 5.91 Å². The van der Waals surface area contributed by atoms with E-state index in [0.717, 1.165) is 4.47 Å². The summed E-state index contributed by atoms with van der Waals surface area (Å²) in [6, 6.07) is 6.67. The van der Waals surface area contributed by atoms with E-state index in [-0.39, 0.29) is 12.5 Å². The first-order valence-corrected chi connectivity index (χ1v) is 6.44. The molecule has 2 heterocycles. The van der Waals surface area contributed by atoms with Crippen molar-refractivity contribution in [2.75, 3.05) is 6.54 Å². The monoisotopic (exact) mass is 324 g/mol. The average molecular weight is 325 g/mol. The van der Waals surface area contributed by atoms with Crippen LogP contribution in [0.3, 0.4) is 0 Å². The molecule has 2 rings (SSSR count). The number of pyridine rings is 1. The Bertz CT molecular complexity index is 550. The van der Waals surface area contributed by atoms with Gasteiger partial charge in [-0.3, -0.25) is 4.79 Å². The van der Waals surface area contributed by atoms with Crippen LogP contribution in [0.15, 0.2) is 45.6 Å². The van der Waals surface area contributed by atoms with E-state index in [2.05, 4.69) is 26.2 Å². The van der Waals surface area contributed by atoms with Gasteiger partial charge < -0.3 is 14.8 Å². The number of aliphatic hydroxyl groups is 1. The first kappa shape index (κ1) is 13.8. The lowest BCUT2D eigenvalue weighted by Crippen LogP contribution is -2.38. The summed E-state index contributed by atoms with van der Waals surface area (Å²) in [7, 11) is 0. The molecule has 0 aliphatic carbocycles. The standard InChI is InChI=1S/C13H13BrN2O3/c1-13(18,11-3-2-6-19-11)8-16-12(17)10-5-4-9(14)7-15-10/h2-7,18H,8H2,1H3,(H,16,17). The van der Waals surface area contributed by atoms with Crippen molar-refractivity contribution >= 4 is 21.8 Å². The summed E-state index contributed by atoms with van der Waals surface area (Å²) in [5.74, 6) is 0.0518. The lowest BCUT2D eigenvalue weighted by molar-refractivity contribution is 0.0329. The Labute approximate surface area is 118 Å². The molecular formula is C13H13BrN2O3. The topological polar surface area (TPSA) is 75.4 Å². The Kier molecular flexibility index (Phi) is 4.01. The maximum absolute atomic E-state index is 11.8. The van der Waals surface area contributed by atoms with Crippen LogP contribution < -0.4 is 5.32 Å². The molecule has 100 valence electrons. The Morgan fingerprint density at radius 2 is 2.32 bits per heavy atom. The van der Waals surface area contributed by atoms with Gasteiger partial charge in [0.2, 0.25) is 0 Å². The largest absolute Gasteiger partial charge is 0.466 e. The van der Waals surface area contributed by atoms with Crippen molar-refractivity contribution in [2.45, 2.75) is 12.5 Å². The molecule has 1 atom stereocenters. The fourth-order valence-electron chi connectivity index (χ4n) is 1.53. The van der Waals surface area contributed by atoms with E-state index < -0.39 is 5.60 Å². The van der Waals surface area contributed by atoms with Crippen LogP contribution in [0.4, 0.5) is 0 Å². The van der Waals surface area contributed by atoms with Gasteiger partial charge in [-0.1, -0.05) is 0 Å². The molecule has 0 bridgehead atoms. The molecule has 2 aromatic rings. The quantitative estimate of drug-likeness (QED) is 0.902. The number of rotatable bonds is 4. The van der Waals surface area contributed by atoms with Gasteiger partial charge in [-0.05, 0) is 47.1 Å². The summed E-state index contributed by atoms with van der Waals surface area (Å²) in [6.07, 6.45) is 3.02. The summed E-state index contributed by atoms with van der Waals surface area (Å²) in [6.45, 7) is 1.61. The second kappa shape index (κ2) is 5.54. The van der Waals surface area contributed by atoms with E-state index in [0.29, 0.717) is 11.5 Å². The van der Waals surface area contributed by atoms with E-state index in [4.69, 9.17) is 4.42 Å². The van der Waals surface area contributed by atoms with Gasteiger partial charge in [0.1, 0.15) is 17.1 Å². The maximum atomic E-state index is 11.8. The number of carbonyl (C=O) groups is 1.